The molecule has 3 aliphatic rings. The fourth-order valence-electron chi connectivity index (χ4n) is 5.93. The van der Waals surface area contributed by atoms with E-state index in [0.29, 0.717) is 12.8 Å². The van der Waals surface area contributed by atoms with E-state index in [1.54, 1.807) is 0 Å². The summed E-state index contributed by atoms with van der Waals surface area (Å²) < 4.78 is 20.5. The summed E-state index contributed by atoms with van der Waals surface area (Å²) >= 11 is -0.150. The van der Waals surface area contributed by atoms with Gasteiger partial charge in [-0.05, 0) is 0 Å². The van der Waals surface area contributed by atoms with Crippen molar-refractivity contribution in [3.63, 3.8) is 0 Å². The van der Waals surface area contributed by atoms with Crippen molar-refractivity contribution >= 4 is 39.7 Å². The Morgan fingerprint density at radius 2 is 1.85 bits per heavy atom. The number of benzene rings is 1. The molecule has 0 amide bonds. The summed E-state index contributed by atoms with van der Waals surface area (Å²) in [5.74, 6) is -0.602. The molecular weight excluding hydrogens is 511 g/mol. The van der Waals surface area contributed by atoms with Gasteiger partial charge in [-0.3, -0.25) is 0 Å². The second kappa shape index (κ2) is 8.33. The molecular formula is C27H38O5SeSi. The summed E-state index contributed by atoms with van der Waals surface area (Å²) in [6, 6.07) is 10.2. The van der Waals surface area contributed by atoms with Crippen LogP contribution in [0.15, 0.2) is 43.0 Å². The van der Waals surface area contributed by atoms with E-state index in [0.717, 1.165) is 4.46 Å². The molecule has 2 aliphatic heterocycles. The van der Waals surface area contributed by atoms with Gasteiger partial charge in [0.2, 0.25) is 0 Å². The van der Waals surface area contributed by atoms with Crippen molar-refractivity contribution < 1.29 is 23.5 Å². The topological polar surface area (TPSA) is 61.8 Å². The zero-order valence-corrected chi connectivity index (χ0v) is 24.2. The summed E-state index contributed by atoms with van der Waals surface area (Å²) in [5, 5.41) is -0.0435. The first-order chi connectivity index (χ1) is 15.7. The molecule has 1 saturated carbocycles. The summed E-state index contributed by atoms with van der Waals surface area (Å²) in [6.45, 7) is 19.3. The number of allylic oxidation sites excluding steroid dienone is 1. The first-order valence-electron chi connectivity index (χ1n) is 12.2. The summed E-state index contributed by atoms with van der Waals surface area (Å²) in [5.41, 5.74) is -2.39. The van der Waals surface area contributed by atoms with Crippen molar-refractivity contribution in [2.75, 3.05) is 6.61 Å². The maximum absolute atomic E-state index is 13.6. The molecule has 0 unspecified atom stereocenters. The predicted octanol–water partition coefficient (Wildman–Crippen LogP) is 4.66. The Hall–Kier alpha value is -1.40. The summed E-state index contributed by atoms with van der Waals surface area (Å²) in [6.07, 6.45) is 2.74. The summed E-state index contributed by atoms with van der Waals surface area (Å²) in [7, 11) is -2.29. The van der Waals surface area contributed by atoms with Crippen LogP contribution < -0.4 is 4.46 Å². The van der Waals surface area contributed by atoms with Crippen molar-refractivity contribution in [1.82, 2.24) is 0 Å². The van der Waals surface area contributed by atoms with Crippen molar-refractivity contribution in [1.29, 1.82) is 0 Å². The molecule has 0 spiro atoms. The fourth-order valence-corrected chi connectivity index (χ4v) is 9.95. The Labute approximate surface area is 211 Å². The van der Waals surface area contributed by atoms with Crippen LogP contribution in [-0.2, 0) is 23.5 Å². The molecule has 2 saturated heterocycles. The zero-order valence-electron chi connectivity index (χ0n) is 21.5. The molecule has 34 heavy (non-hydrogen) atoms. The van der Waals surface area contributed by atoms with Crippen LogP contribution >= 0.6 is 0 Å². The molecule has 4 rings (SSSR count). The molecule has 0 N–H and O–H groups in total. The number of carbonyl (C=O) groups excluding carboxylic acids is 2. The van der Waals surface area contributed by atoms with E-state index in [2.05, 4.69) is 59.5 Å². The number of carbonyl (C=O) groups is 2. The van der Waals surface area contributed by atoms with Gasteiger partial charge in [0.05, 0.1) is 0 Å². The quantitative estimate of drug-likeness (QED) is 0.281. The molecule has 0 aromatic heterocycles. The number of esters is 2. The van der Waals surface area contributed by atoms with Gasteiger partial charge in [0, 0.05) is 0 Å². The Morgan fingerprint density at radius 1 is 1.21 bits per heavy atom. The maximum atomic E-state index is 13.6. The average Bonchev–Trinajstić information content (AvgIpc) is 3.23. The average molecular weight is 550 g/mol. The number of ether oxygens (including phenoxy) is 2. The number of hydrogen-bond acceptors (Lipinski definition) is 5. The van der Waals surface area contributed by atoms with E-state index in [4.69, 9.17) is 13.9 Å². The van der Waals surface area contributed by atoms with Crippen molar-refractivity contribution in [3.8, 4) is 0 Å². The number of cyclic esters (lactones) is 1. The molecule has 3 fully saturated rings. The minimum absolute atomic E-state index is 0.0435. The van der Waals surface area contributed by atoms with E-state index < -0.39 is 30.9 Å². The van der Waals surface area contributed by atoms with E-state index in [9.17, 15) is 9.59 Å². The SMILES string of the molecule is C=CCC[C@@]12OC(=O)[C@@H]([Se]c3ccccc3)[C@@H]1[C@@H](O[Si](C)(C)C(C)(C)C)[C@@]1(C)C(=O)OC[C@@]21C. The molecule has 7 heteroatoms. The molecule has 1 aromatic carbocycles. The van der Waals surface area contributed by atoms with Gasteiger partial charge in [-0.1, -0.05) is 0 Å². The van der Waals surface area contributed by atoms with E-state index in [1.807, 2.05) is 31.2 Å². The second-order valence-electron chi connectivity index (χ2n) is 11.9. The normalized spacial score (nSPS) is 37.2. The molecule has 2 heterocycles. The van der Waals surface area contributed by atoms with Gasteiger partial charge in [-0.25, -0.2) is 0 Å². The monoisotopic (exact) mass is 550 g/mol. The second-order valence-corrected chi connectivity index (χ2v) is 19.2. The Balaban J connectivity index is 1.89. The van der Waals surface area contributed by atoms with E-state index in [-0.39, 0.29) is 49.3 Å². The molecule has 6 atom stereocenters. The first kappa shape index (κ1) is 25.7. The third-order valence-corrected chi connectivity index (χ3v) is 16.4. The molecule has 1 aliphatic carbocycles. The summed E-state index contributed by atoms with van der Waals surface area (Å²) in [4.78, 5) is 26.7. The Kier molecular flexibility index (Phi) is 6.29. The Bertz CT molecular complexity index is 988. The third-order valence-electron chi connectivity index (χ3n) is 9.22. The molecule has 0 bridgehead atoms. The van der Waals surface area contributed by atoms with Gasteiger partial charge in [0.25, 0.3) is 0 Å². The van der Waals surface area contributed by atoms with Crippen LogP contribution in [0.3, 0.4) is 0 Å². The van der Waals surface area contributed by atoms with E-state index in [1.165, 1.54) is 0 Å². The van der Waals surface area contributed by atoms with Gasteiger partial charge >= 0.3 is 212 Å². The van der Waals surface area contributed by atoms with Crippen molar-refractivity contribution in [2.24, 2.45) is 16.7 Å². The zero-order chi connectivity index (χ0) is 25.2. The van der Waals surface area contributed by atoms with Crippen LogP contribution in [0.4, 0.5) is 0 Å². The first-order valence-corrected chi connectivity index (χ1v) is 16.9. The van der Waals surface area contributed by atoms with E-state index >= 15 is 0 Å². The van der Waals surface area contributed by atoms with Gasteiger partial charge in [-0.15, -0.1) is 0 Å². The third kappa shape index (κ3) is 3.41. The van der Waals surface area contributed by atoms with Crippen LogP contribution in [0.5, 0.6) is 0 Å². The predicted molar refractivity (Wildman–Crippen MR) is 137 cm³/mol. The fraction of sp³-hybridized carbons (Fsp3) is 0.630. The van der Waals surface area contributed by atoms with Crippen LogP contribution in [0.2, 0.25) is 22.9 Å². The van der Waals surface area contributed by atoms with Crippen molar-refractivity contribution in [2.45, 2.75) is 82.1 Å². The Morgan fingerprint density at radius 3 is 2.44 bits per heavy atom. The minimum atomic E-state index is -2.29. The molecule has 0 radical (unpaired) electrons. The van der Waals surface area contributed by atoms with Gasteiger partial charge in [0.15, 0.2) is 0 Å². The van der Waals surface area contributed by atoms with Crippen LogP contribution in [0.1, 0.15) is 47.5 Å². The van der Waals surface area contributed by atoms with Gasteiger partial charge in [0.1, 0.15) is 0 Å². The van der Waals surface area contributed by atoms with Crippen molar-refractivity contribution in [3.05, 3.63) is 43.0 Å². The van der Waals surface area contributed by atoms with Crippen LogP contribution in [-0.4, -0.2) is 53.5 Å². The van der Waals surface area contributed by atoms with Gasteiger partial charge in [-0.2, -0.15) is 0 Å². The molecule has 186 valence electrons. The molecule has 1 aromatic rings. The number of fused-ring (bicyclic) bond motifs is 3. The van der Waals surface area contributed by atoms with Crippen LogP contribution in [0, 0.1) is 16.7 Å². The molecule has 5 nitrogen and oxygen atoms in total. The van der Waals surface area contributed by atoms with Crippen LogP contribution in [0.25, 0.3) is 0 Å². The van der Waals surface area contributed by atoms with Gasteiger partial charge < -0.3 is 0 Å². The number of rotatable bonds is 7. The standard InChI is InChI=1S/C27H38O5SeSi/c1-9-10-16-27-19(20(22(28)31-27)33-18-14-12-11-13-15-18)21(32-34(7,8)24(2,3)4)26(6)23(29)30-17-25(26,27)5/h9,11-15,19-21H,1,10,16-17H2,2-8H3/t19-,20+,21-,25-,26+,27-/m1/s1. The number of hydrogen-bond donors (Lipinski definition) is 0.